The zero-order valence-corrected chi connectivity index (χ0v) is 15.6. The van der Waals surface area contributed by atoms with Crippen LogP contribution in [0.3, 0.4) is 0 Å². The number of esters is 2. The fraction of sp³-hybridized carbons (Fsp3) is 0.524. The Labute approximate surface area is 150 Å². The van der Waals surface area contributed by atoms with E-state index in [1.165, 1.54) is 6.42 Å². The number of hydrogen-bond donors (Lipinski definition) is 0. The summed E-state index contributed by atoms with van der Waals surface area (Å²) in [6.07, 6.45) is 3.19. The molecule has 2 rings (SSSR count). The van der Waals surface area contributed by atoms with E-state index in [9.17, 15) is 9.59 Å². The third-order valence-electron chi connectivity index (χ3n) is 4.87. The van der Waals surface area contributed by atoms with Gasteiger partial charge in [-0.15, -0.1) is 0 Å². The van der Waals surface area contributed by atoms with Crippen molar-refractivity contribution in [3.05, 3.63) is 42.0 Å². The second-order valence-electron chi connectivity index (χ2n) is 7.46. The molecule has 1 aromatic rings. The average Bonchev–Trinajstić information content (AvgIpc) is 2.55. The minimum atomic E-state index is -0.480. The molecule has 4 heteroatoms. The molecule has 0 amide bonds. The number of benzene rings is 1. The predicted molar refractivity (Wildman–Crippen MR) is 97.4 cm³/mol. The summed E-state index contributed by atoms with van der Waals surface area (Å²) in [7, 11) is 0. The van der Waals surface area contributed by atoms with Gasteiger partial charge in [-0.2, -0.15) is 0 Å². The molecule has 0 heterocycles. The first-order valence-electron chi connectivity index (χ1n) is 8.96. The maximum absolute atomic E-state index is 12.5. The molecule has 1 aliphatic carbocycles. The standard InChI is InChI=1S/C21H28O4/c1-13(2)18-11-6-15(5)12-19(18)25-21(23)16-7-9-17(10-8-16)24-20(22)14(3)4/h7-10,13,15,18-19H,3,6,11-12H2,1-2,4-5H3. The summed E-state index contributed by atoms with van der Waals surface area (Å²) in [4.78, 5) is 24.0. The first-order valence-corrected chi connectivity index (χ1v) is 8.96. The Hall–Kier alpha value is -2.10. The molecule has 0 radical (unpaired) electrons. The SMILES string of the molecule is C=C(C)C(=O)Oc1ccc(C(=O)OC2CC(C)CCC2C(C)C)cc1. The van der Waals surface area contributed by atoms with Crippen LogP contribution in [0.1, 0.15) is 57.3 Å². The van der Waals surface area contributed by atoms with Gasteiger partial charge in [-0.1, -0.05) is 33.8 Å². The van der Waals surface area contributed by atoms with Gasteiger partial charge in [0.2, 0.25) is 0 Å². The van der Waals surface area contributed by atoms with E-state index in [1.807, 2.05) is 0 Å². The van der Waals surface area contributed by atoms with E-state index >= 15 is 0 Å². The van der Waals surface area contributed by atoms with Gasteiger partial charge in [0.05, 0.1) is 5.56 Å². The molecule has 0 spiro atoms. The van der Waals surface area contributed by atoms with Crippen LogP contribution in [-0.4, -0.2) is 18.0 Å². The van der Waals surface area contributed by atoms with E-state index < -0.39 is 5.97 Å². The molecule has 1 fully saturated rings. The Morgan fingerprint density at radius 1 is 1.16 bits per heavy atom. The van der Waals surface area contributed by atoms with Crippen LogP contribution >= 0.6 is 0 Å². The van der Waals surface area contributed by atoms with E-state index in [0.29, 0.717) is 34.6 Å². The van der Waals surface area contributed by atoms with Gasteiger partial charge in [0.15, 0.2) is 0 Å². The number of rotatable bonds is 5. The van der Waals surface area contributed by atoms with Gasteiger partial charge in [0, 0.05) is 5.57 Å². The van der Waals surface area contributed by atoms with Crippen molar-refractivity contribution in [1.29, 1.82) is 0 Å². The molecule has 0 aliphatic heterocycles. The van der Waals surface area contributed by atoms with E-state index in [-0.39, 0.29) is 12.1 Å². The van der Waals surface area contributed by atoms with E-state index in [0.717, 1.165) is 12.8 Å². The van der Waals surface area contributed by atoms with Crippen molar-refractivity contribution < 1.29 is 19.1 Å². The van der Waals surface area contributed by atoms with Crippen LogP contribution in [0.2, 0.25) is 0 Å². The van der Waals surface area contributed by atoms with Gasteiger partial charge in [-0.25, -0.2) is 9.59 Å². The van der Waals surface area contributed by atoms with Crippen molar-refractivity contribution in [3.8, 4) is 5.75 Å². The van der Waals surface area contributed by atoms with Crippen molar-refractivity contribution in [1.82, 2.24) is 0 Å². The fourth-order valence-electron chi connectivity index (χ4n) is 3.31. The first-order chi connectivity index (χ1) is 11.8. The molecule has 1 aromatic carbocycles. The highest BCUT2D eigenvalue weighted by atomic mass is 16.5. The van der Waals surface area contributed by atoms with Gasteiger partial charge < -0.3 is 9.47 Å². The Morgan fingerprint density at radius 2 is 1.80 bits per heavy atom. The Kier molecular flexibility index (Phi) is 6.40. The maximum Gasteiger partial charge on any atom is 0.338 e. The average molecular weight is 344 g/mol. The lowest BCUT2D eigenvalue weighted by Gasteiger charge is -2.36. The summed E-state index contributed by atoms with van der Waals surface area (Å²) in [5.41, 5.74) is 0.797. The Bertz CT molecular complexity index is 630. The third kappa shape index (κ3) is 5.18. The van der Waals surface area contributed by atoms with Crippen LogP contribution in [0, 0.1) is 17.8 Å². The van der Waals surface area contributed by atoms with Gasteiger partial charge in [0.1, 0.15) is 11.9 Å². The lowest BCUT2D eigenvalue weighted by atomic mass is 9.75. The molecular weight excluding hydrogens is 316 g/mol. The topological polar surface area (TPSA) is 52.6 Å². The molecule has 1 saturated carbocycles. The molecule has 1 aliphatic rings. The van der Waals surface area contributed by atoms with Gasteiger partial charge in [-0.05, 0) is 61.8 Å². The third-order valence-corrected chi connectivity index (χ3v) is 4.87. The zero-order valence-electron chi connectivity index (χ0n) is 15.6. The predicted octanol–water partition coefficient (Wildman–Crippen LogP) is 4.79. The zero-order chi connectivity index (χ0) is 18.6. The minimum absolute atomic E-state index is 0.0304. The van der Waals surface area contributed by atoms with E-state index in [1.54, 1.807) is 31.2 Å². The quantitative estimate of drug-likeness (QED) is 0.438. The molecule has 136 valence electrons. The summed E-state index contributed by atoms with van der Waals surface area (Å²) >= 11 is 0. The van der Waals surface area contributed by atoms with Gasteiger partial charge in [0.25, 0.3) is 0 Å². The van der Waals surface area contributed by atoms with Crippen molar-refractivity contribution >= 4 is 11.9 Å². The normalized spacial score (nSPS) is 23.2. The second-order valence-corrected chi connectivity index (χ2v) is 7.46. The second kappa shape index (κ2) is 8.32. The Morgan fingerprint density at radius 3 is 2.36 bits per heavy atom. The summed E-state index contributed by atoms with van der Waals surface area (Å²) < 4.78 is 11.0. The van der Waals surface area contributed by atoms with Gasteiger partial charge >= 0.3 is 11.9 Å². The van der Waals surface area contributed by atoms with Crippen LogP contribution in [0.25, 0.3) is 0 Å². The molecule has 25 heavy (non-hydrogen) atoms. The van der Waals surface area contributed by atoms with Gasteiger partial charge in [-0.3, -0.25) is 0 Å². The van der Waals surface area contributed by atoms with E-state index in [2.05, 4.69) is 27.4 Å². The minimum Gasteiger partial charge on any atom is -0.458 e. The summed E-state index contributed by atoms with van der Waals surface area (Å²) in [6.45, 7) is 11.7. The fourth-order valence-corrected chi connectivity index (χ4v) is 3.31. The molecule has 3 atom stereocenters. The van der Waals surface area contributed by atoms with Crippen LogP contribution in [0.5, 0.6) is 5.75 Å². The molecular formula is C21H28O4. The number of carbonyl (C=O) groups is 2. The van der Waals surface area contributed by atoms with Crippen molar-refractivity contribution in [3.63, 3.8) is 0 Å². The highest BCUT2D eigenvalue weighted by Crippen LogP contribution is 2.35. The van der Waals surface area contributed by atoms with Crippen molar-refractivity contribution in [2.24, 2.45) is 17.8 Å². The smallest absolute Gasteiger partial charge is 0.338 e. The first kappa shape index (κ1) is 19.2. The monoisotopic (exact) mass is 344 g/mol. The molecule has 4 nitrogen and oxygen atoms in total. The number of ether oxygens (including phenoxy) is 2. The molecule has 0 aromatic heterocycles. The Balaban J connectivity index is 2.02. The highest BCUT2D eigenvalue weighted by Gasteiger charge is 2.33. The largest absolute Gasteiger partial charge is 0.458 e. The number of hydrogen-bond acceptors (Lipinski definition) is 4. The summed E-state index contributed by atoms with van der Waals surface area (Å²) in [5, 5.41) is 0. The van der Waals surface area contributed by atoms with Crippen molar-refractivity contribution in [2.45, 2.75) is 53.1 Å². The molecule has 3 unspecified atom stereocenters. The lowest BCUT2D eigenvalue weighted by molar-refractivity contribution is -0.130. The van der Waals surface area contributed by atoms with Crippen LogP contribution < -0.4 is 4.74 Å². The summed E-state index contributed by atoms with van der Waals surface area (Å²) in [6, 6.07) is 6.45. The highest BCUT2D eigenvalue weighted by molar-refractivity contribution is 5.90. The summed E-state index contributed by atoms with van der Waals surface area (Å²) in [5.74, 6) is 1.08. The van der Waals surface area contributed by atoms with Crippen molar-refractivity contribution in [2.75, 3.05) is 0 Å². The van der Waals surface area contributed by atoms with E-state index in [4.69, 9.17) is 9.47 Å². The molecule has 0 N–H and O–H groups in total. The molecule has 0 saturated heterocycles. The lowest BCUT2D eigenvalue weighted by Crippen LogP contribution is -2.35. The van der Waals surface area contributed by atoms with Crippen LogP contribution in [0.4, 0.5) is 0 Å². The molecule has 0 bridgehead atoms. The van der Waals surface area contributed by atoms with Crippen LogP contribution in [-0.2, 0) is 9.53 Å². The maximum atomic E-state index is 12.5. The van der Waals surface area contributed by atoms with Crippen LogP contribution in [0.15, 0.2) is 36.4 Å². The number of carbonyl (C=O) groups excluding carboxylic acids is 2.